The van der Waals surface area contributed by atoms with E-state index in [-0.39, 0.29) is 10.7 Å². The van der Waals surface area contributed by atoms with Crippen molar-refractivity contribution in [1.82, 2.24) is 0 Å². The molecule has 0 spiro atoms. The normalized spacial score (nSPS) is 11.4. The summed E-state index contributed by atoms with van der Waals surface area (Å²) < 4.78 is 24.6. The highest BCUT2D eigenvalue weighted by molar-refractivity contribution is 7.92. The number of hydrogen-bond donors (Lipinski definition) is 0. The molecule has 0 radical (unpaired) electrons. The first kappa shape index (κ1) is 15.4. The first-order valence-electron chi connectivity index (χ1n) is 6.69. The lowest BCUT2D eigenvalue weighted by atomic mass is 10.0. The molecule has 0 heterocycles. The Balaban J connectivity index is 2.30. The molecule has 0 aliphatic carbocycles. The molecule has 4 heteroatoms. The molecule has 21 heavy (non-hydrogen) atoms. The van der Waals surface area contributed by atoms with E-state index < -0.39 is 15.6 Å². The minimum atomic E-state index is -3.60. The van der Waals surface area contributed by atoms with E-state index in [1.54, 1.807) is 30.3 Å². The van der Waals surface area contributed by atoms with Gasteiger partial charge in [0.25, 0.3) is 0 Å². The quantitative estimate of drug-likeness (QED) is 0.815. The van der Waals surface area contributed by atoms with Crippen LogP contribution in [0.5, 0.6) is 0 Å². The van der Waals surface area contributed by atoms with Gasteiger partial charge in [0.2, 0.25) is 0 Å². The van der Waals surface area contributed by atoms with Gasteiger partial charge in [0, 0.05) is 5.56 Å². The molecule has 2 aromatic rings. The van der Waals surface area contributed by atoms with Crippen LogP contribution in [-0.4, -0.2) is 20.0 Å². The zero-order valence-corrected chi connectivity index (χ0v) is 13.2. The molecule has 2 rings (SSSR count). The average Bonchev–Trinajstić information content (AvgIpc) is 2.41. The Bertz CT molecular complexity index is 772. The fourth-order valence-electron chi connectivity index (χ4n) is 2.12. The number of ketones is 1. The first-order valence-corrected chi connectivity index (χ1v) is 8.35. The summed E-state index contributed by atoms with van der Waals surface area (Å²) in [6.45, 7) is 5.58. The second-order valence-electron chi connectivity index (χ2n) is 5.31. The van der Waals surface area contributed by atoms with Gasteiger partial charge >= 0.3 is 0 Å². The van der Waals surface area contributed by atoms with Gasteiger partial charge in [0.1, 0.15) is 5.75 Å². The number of rotatable bonds is 4. The molecule has 110 valence electrons. The van der Waals surface area contributed by atoms with Crippen LogP contribution >= 0.6 is 0 Å². The number of carbonyl (C=O) groups is 1. The van der Waals surface area contributed by atoms with E-state index in [0.717, 1.165) is 16.7 Å². The van der Waals surface area contributed by atoms with E-state index >= 15 is 0 Å². The van der Waals surface area contributed by atoms with Gasteiger partial charge in [-0.1, -0.05) is 35.4 Å². The molecule has 0 unspecified atom stereocenters. The van der Waals surface area contributed by atoms with Crippen LogP contribution in [0.25, 0.3) is 0 Å². The maximum atomic E-state index is 12.3. The molecule has 0 aromatic heterocycles. The van der Waals surface area contributed by atoms with Crippen LogP contribution in [0.15, 0.2) is 47.4 Å². The maximum Gasteiger partial charge on any atom is 0.185 e. The van der Waals surface area contributed by atoms with Crippen LogP contribution < -0.4 is 0 Å². The number of benzene rings is 2. The SMILES string of the molecule is Cc1ccc(S(=O)(=O)CC(=O)c2cc(C)ccc2C)cc1. The molecule has 2 aromatic carbocycles. The zero-order valence-electron chi connectivity index (χ0n) is 12.4. The third-order valence-electron chi connectivity index (χ3n) is 3.39. The van der Waals surface area contributed by atoms with Crippen LogP contribution in [0.1, 0.15) is 27.0 Å². The van der Waals surface area contributed by atoms with Crippen molar-refractivity contribution in [3.63, 3.8) is 0 Å². The molecule has 0 saturated heterocycles. The van der Waals surface area contributed by atoms with E-state index in [2.05, 4.69) is 0 Å². The summed E-state index contributed by atoms with van der Waals surface area (Å²) in [4.78, 5) is 12.5. The minimum absolute atomic E-state index is 0.187. The fraction of sp³-hybridized carbons (Fsp3) is 0.235. The number of carbonyl (C=O) groups excluding carboxylic acids is 1. The van der Waals surface area contributed by atoms with Crippen LogP contribution in [0.2, 0.25) is 0 Å². The molecule has 3 nitrogen and oxygen atoms in total. The summed E-state index contributed by atoms with van der Waals surface area (Å²) in [6, 6.07) is 12.0. The third kappa shape index (κ3) is 3.58. The Morgan fingerprint density at radius 2 is 1.48 bits per heavy atom. The summed E-state index contributed by atoms with van der Waals surface area (Å²) in [7, 11) is -3.60. The summed E-state index contributed by atoms with van der Waals surface area (Å²) >= 11 is 0. The Morgan fingerprint density at radius 1 is 0.905 bits per heavy atom. The van der Waals surface area contributed by atoms with Crippen LogP contribution in [0, 0.1) is 20.8 Å². The highest BCUT2D eigenvalue weighted by atomic mass is 32.2. The Kier molecular flexibility index (Phi) is 4.28. The Morgan fingerprint density at radius 3 is 2.10 bits per heavy atom. The molecule has 0 saturated carbocycles. The lowest BCUT2D eigenvalue weighted by molar-refractivity contribution is 0.102. The highest BCUT2D eigenvalue weighted by Gasteiger charge is 2.21. The molecular formula is C17H18O3S. The standard InChI is InChI=1S/C17H18O3S/c1-12-5-8-15(9-6-12)21(19,20)11-17(18)16-10-13(2)4-7-14(16)3/h4-10H,11H2,1-3H3. The predicted molar refractivity (Wildman–Crippen MR) is 83.5 cm³/mol. The molecule has 0 N–H and O–H groups in total. The zero-order chi connectivity index (χ0) is 15.6. The second kappa shape index (κ2) is 5.82. The number of sulfone groups is 1. The summed E-state index contributed by atoms with van der Waals surface area (Å²) in [5, 5.41) is 0. The van der Waals surface area contributed by atoms with Crippen LogP contribution in [0.3, 0.4) is 0 Å². The molecule has 0 amide bonds. The largest absolute Gasteiger partial charge is 0.293 e. The first-order chi connectivity index (χ1) is 9.79. The Labute approximate surface area is 125 Å². The van der Waals surface area contributed by atoms with Crippen molar-refractivity contribution in [3.05, 3.63) is 64.7 Å². The lowest BCUT2D eigenvalue weighted by Gasteiger charge is -2.08. The van der Waals surface area contributed by atoms with Gasteiger partial charge in [0.05, 0.1) is 4.90 Å². The van der Waals surface area contributed by atoms with Crippen LogP contribution in [-0.2, 0) is 9.84 Å². The van der Waals surface area contributed by atoms with Gasteiger partial charge in [-0.15, -0.1) is 0 Å². The fourth-order valence-corrected chi connectivity index (χ4v) is 3.33. The highest BCUT2D eigenvalue weighted by Crippen LogP contribution is 2.16. The molecule has 0 bridgehead atoms. The molecule has 0 fully saturated rings. The summed E-state index contributed by atoms with van der Waals surface area (Å²) in [5.74, 6) is -0.864. The van der Waals surface area contributed by atoms with Gasteiger partial charge in [-0.2, -0.15) is 0 Å². The molecular weight excluding hydrogens is 284 g/mol. The number of aryl methyl sites for hydroxylation is 3. The van der Waals surface area contributed by atoms with Crippen molar-refractivity contribution >= 4 is 15.6 Å². The smallest absolute Gasteiger partial charge is 0.185 e. The Hall–Kier alpha value is -1.94. The predicted octanol–water partition coefficient (Wildman–Crippen LogP) is 3.27. The number of Topliss-reactive ketones (excluding diaryl/α,β-unsaturated/α-hetero) is 1. The average molecular weight is 302 g/mol. The van der Waals surface area contributed by atoms with Crippen LogP contribution in [0.4, 0.5) is 0 Å². The van der Waals surface area contributed by atoms with E-state index in [9.17, 15) is 13.2 Å². The number of hydrogen-bond acceptors (Lipinski definition) is 3. The maximum absolute atomic E-state index is 12.3. The summed E-state index contributed by atoms with van der Waals surface area (Å²) in [5.41, 5.74) is 3.20. The monoisotopic (exact) mass is 302 g/mol. The van der Waals surface area contributed by atoms with Gasteiger partial charge in [-0.3, -0.25) is 4.79 Å². The van der Waals surface area contributed by atoms with E-state index in [1.165, 1.54) is 0 Å². The minimum Gasteiger partial charge on any atom is -0.293 e. The van der Waals surface area contributed by atoms with E-state index in [0.29, 0.717) is 5.56 Å². The van der Waals surface area contributed by atoms with Gasteiger partial charge in [0.15, 0.2) is 15.6 Å². The molecule has 0 atom stereocenters. The topological polar surface area (TPSA) is 51.2 Å². The van der Waals surface area contributed by atoms with Crippen molar-refractivity contribution in [1.29, 1.82) is 0 Å². The van der Waals surface area contributed by atoms with E-state index in [4.69, 9.17) is 0 Å². The summed E-state index contributed by atoms with van der Waals surface area (Å²) in [6.07, 6.45) is 0. The second-order valence-corrected chi connectivity index (χ2v) is 7.30. The van der Waals surface area contributed by atoms with Crippen molar-refractivity contribution in [3.8, 4) is 0 Å². The van der Waals surface area contributed by atoms with Crippen molar-refractivity contribution in [2.24, 2.45) is 0 Å². The van der Waals surface area contributed by atoms with Crippen molar-refractivity contribution in [2.45, 2.75) is 25.7 Å². The van der Waals surface area contributed by atoms with Gasteiger partial charge in [-0.25, -0.2) is 8.42 Å². The van der Waals surface area contributed by atoms with Gasteiger partial charge < -0.3 is 0 Å². The van der Waals surface area contributed by atoms with Crippen molar-refractivity contribution < 1.29 is 13.2 Å². The third-order valence-corrected chi connectivity index (χ3v) is 5.03. The van der Waals surface area contributed by atoms with Crippen molar-refractivity contribution in [2.75, 3.05) is 5.75 Å². The molecule has 0 aliphatic rings. The van der Waals surface area contributed by atoms with E-state index in [1.807, 2.05) is 32.9 Å². The van der Waals surface area contributed by atoms with Gasteiger partial charge in [-0.05, 0) is 44.5 Å². The lowest BCUT2D eigenvalue weighted by Crippen LogP contribution is -2.17. The molecule has 0 aliphatic heterocycles.